The van der Waals surface area contributed by atoms with Crippen molar-refractivity contribution in [3.05, 3.63) is 40.7 Å². The number of aryl methyl sites for hydroxylation is 2. The molecule has 5 nitrogen and oxygen atoms in total. The van der Waals surface area contributed by atoms with Crippen LogP contribution in [0.25, 0.3) is 10.2 Å². The summed E-state index contributed by atoms with van der Waals surface area (Å²) in [4.78, 5) is 15.2. The number of fused-ring (bicyclic) bond motifs is 1. The minimum Gasteiger partial charge on any atom is -0.481 e. The quantitative estimate of drug-likeness (QED) is 0.801. The van der Waals surface area contributed by atoms with Crippen LogP contribution in [0.4, 0.5) is 5.82 Å². The summed E-state index contributed by atoms with van der Waals surface area (Å²) in [5.41, 5.74) is 2.23. The predicted molar refractivity (Wildman–Crippen MR) is 85.0 cm³/mol. The van der Waals surface area contributed by atoms with Gasteiger partial charge in [-0.15, -0.1) is 11.3 Å². The van der Waals surface area contributed by atoms with Crippen molar-refractivity contribution >= 4 is 27.4 Å². The van der Waals surface area contributed by atoms with Crippen LogP contribution in [0.1, 0.15) is 16.0 Å². The van der Waals surface area contributed by atoms with Gasteiger partial charge in [-0.2, -0.15) is 0 Å². The van der Waals surface area contributed by atoms with Gasteiger partial charge in [-0.3, -0.25) is 0 Å². The minimum atomic E-state index is 0.609. The number of hydrogen-bond donors (Lipinski definition) is 1. The summed E-state index contributed by atoms with van der Waals surface area (Å²) in [5, 5.41) is 4.47. The molecule has 0 aliphatic rings. The molecule has 0 amide bonds. The van der Waals surface area contributed by atoms with Crippen LogP contribution in [-0.2, 0) is 6.54 Å². The third kappa shape index (κ3) is 2.54. The third-order valence-corrected chi connectivity index (χ3v) is 4.57. The van der Waals surface area contributed by atoms with Crippen LogP contribution in [-0.4, -0.2) is 22.1 Å². The van der Waals surface area contributed by atoms with Gasteiger partial charge in [-0.1, -0.05) is 6.07 Å². The Hall–Kier alpha value is -2.21. The molecule has 21 heavy (non-hydrogen) atoms. The summed E-state index contributed by atoms with van der Waals surface area (Å²) < 4.78 is 5.27. The van der Waals surface area contributed by atoms with Crippen molar-refractivity contribution in [3.63, 3.8) is 0 Å². The van der Waals surface area contributed by atoms with Gasteiger partial charge in [0.05, 0.1) is 12.5 Å². The van der Waals surface area contributed by atoms with Gasteiger partial charge in [0.2, 0.25) is 5.88 Å². The van der Waals surface area contributed by atoms with Crippen molar-refractivity contribution < 1.29 is 4.74 Å². The lowest BCUT2D eigenvalue weighted by Crippen LogP contribution is -2.04. The second kappa shape index (κ2) is 5.65. The standard InChI is InChI=1S/C15H16N4OS/c1-9-10(2)21-15-12(9)13(18-8-19-15)17-7-11-5-4-6-16-14(11)20-3/h4-6,8H,7H2,1-3H3,(H,17,18,19). The van der Waals surface area contributed by atoms with Gasteiger partial charge >= 0.3 is 0 Å². The zero-order chi connectivity index (χ0) is 14.8. The molecular weight excluding hydrogens is 284 g/mol. The average molecular weight is 300 g/mol. The van der Waals surface area contributed by atoms with Gasteiger partial charge in [-0.05, 0) is 25.5 Å². The predicted octanol–water partition coefficient (Wildman–Crippen LogP) is 3.32. The summed E-state index contributed by atoms with van der Waals surface area (Å²) in [6.45, 7) is 4.82. The molecule has 0 saturated carbocycles. The van der Waals surface area contributed by atoms with E-state index in [-0.39, 0.29) is 0 Å². The van der Waals surface area contributed by atoms with E-state index >= 15 is 0 Å². The SMILES string of the molecule is COc1ncccc1CNc1ncnc2sc(C)c(C)c12. The minimum absolute atomic E-state index is 0.609. The summed E-state index contributed by atoms with van der Waals surface area (Å²) in [6.07, 6.45) is 3.32. The third-order valence-electron chi connectivity index (χ3n) is 3.45. The molecule has 108 valence electrons. The second-order valence-electron chi connectivity index (χ2n) is 4.71. The number of ether oxygens (including phenoxy) is 1. The number of thiophene rings is 1. The highest BCUT2D eigenvalue weighted by Gasteiger charge is 2.12. The fourth-order valence-electron chi connectivity index (χ4n) is 2.24. The molecule has 3 aromatic rings. The highest BCUT2D eigenvalue weighted by molar-refractivity contribution is 7.18. The summed E-state index contributed by atoms with van der Waals surface area (Å²) in [7, 11) is 1.63. The number of nitrogens with zero attached hydrogens (tertiary/aromatic N) is 3. The van der Waals surface area contributed by atoms with Gasteiger partial charge in [-0.25, -0.2) is 15.0 Å². The summed E-state index contributed by atoms with van der Waals surface area (Å²) in [6, 6.07) is 3.89. The fourth-order valence-corrected chi connectivity index (χ4v) is 3.23. The van der Waals surface area contributed by atoms with Gasteiger partial charge in [0.1, 0.15) is 17.0 Å². The molecule has 0 unspecified atom stereocenters. The first-order valence-electron chi connectivity index (χ1n) is 6.63. The molecule has 0 fully saturated rings. The van der Waals surface area contributed by atoms with E-state index in [1.165, 1.54) is 10.4 Å². The van der Waals surface area contributed by atoms with E-state index in [1.54, 1.807) is 31.0 Å². The van der Waals surface area contributed by atoms with E-state index in [4.69, 9.17) is 4.74 Å². The van der Waals surface area contributed by atoms with Gasteiger partial charge < -0.3 is 10.1 Å². The van der Waals surface area contributed by atoms with Crippen molar-refractivity contribution in [1.29, 1.82) is 0 Å². The normalized spacial score (nSPS) is 10.8. The van der Waals surface area contributed by atoms with E-state index < -0.39 is 0 Å². The Morgan fingerprint density at radius 1 is 1.24 bits per heavy atom. The first kappa shape index (κ1) is 13.8. The zero-order valence-corrected chi connectivity index (χ0v) is 13.0. The van der Waals surface area contributed by atoms with Gasteiger partial charge in [0, 0.05) is 23.2 Å². The Balaban J connectivity index is 1.92. The molecule has 3 aromatic heterocycles. The highest BCUT2D eigenvalue weighted by atomic mass is 32.1. The Morgan fingerprint density at radius 2 is 2.10 bits per heavy atom. The topological polar surface area (TPSA) is 59.9 Å². The highest BCUT2D eigenvalue weighted by Crippen LogP contribution is 2.32. The van der Waals surface area contributed by atoms with E-state index in [0.29, 0.717) is 12.4 Å². The van der Waals surface area contributed by atoms with Crippen molar-refractivity contribution in [2.45, 2.75) is 20.4 Å². The van der Waals surface area contributed by atoms with Gasteiger partial charge in [0.15, 0.2) is 0 Å². The van der Waals surface area contributed by atoms with E-state index in [1.807, 2.05) is 12.1 Å². The van der Waals surface area contributed by atoms with E-state index in [9.17, 15) is 0 Å². The van der Waals surface area contributed by atoms with Crippen molar-refractivity contribution in [2.24, 2.45) is 0 Å². The van der Waals surface area contributed by atoms with Gasteiger partial charge in [0.25, 0.3) is 0 Å². The Labute approximate surface area is 127 Å². The lowest BCUT2D eigenvalue weighted by molar-refractivity contribution is 0.393. The lowest BCUT2D eigenvalue weighted by Gasteiger charge is -2.09. The molecule has 0 radical (unpaired) electrons. The van der Waals surface area contributed by atoms with Crippen LogP contribution in [0.15, 0.2) is 24.7 Å². The van der Waals surface area contributed by atoms with E-state index in [2.05, 4.69) is 34.1 Å². The summed E-state index contributed by atoms with van der Waals surface area (Å²) >= 11 is 1.69. The number of anilines is 1. The second-order valence-corrected chi connectivity index (χ2v) is 5.91. The first-order chi connectivity index (χ1) is 10.2. The zero-order valence-electron chi connectivity index (χ0n) is 12.2. The molecule has 0 aliphatic carbocycles. The van der Waals surface area contributed by atoms with Crippen LogP contribution in [0, 0.1) is 13.8 Å². The molecule has 0 atom stereocenters. The average Bonchev–Trinajstić information content (AvgIpc) is 2.81. The number of nitrogens with one attached hydrogen (secondary N) is 1. The van der Waals surface area contributed by atoms with Crippen LogP contribution in [0.2, 0.25) is 0 Å². The molecule has 0 bridgehead atoms. The number of methoxy groups -OCH3 is 1. The first-order valence-corrected chi connectivity index (χ1v) is 7.44. The lowest BCUT2D eigenvalue weighted by atomic mass is 10.2. The molecular formula is C15H16N4OS. The maximum absolute atomic E-state index is 5.27. The fraction of sp³-hybridized carbons (Fsp3) is 0.267. The van der Waals surface area contributed by atoms with Crippen LogP contribution in [0.5, 0.6) is 5.88 Å². The summed E-state index contributed by atoms with van der Waals surface area (Å²) in [5.74, 6) is 1.49. The molecule has 1 N–H and O–H groups in total. The molecule has 0 aromatic carbocycles. The van der Waals surface area contributed by atoms with E-state index in [0.717, 1.165) is 21.6 Å². The van der Waals surface area contributed by atoms with Crippen LogP contribution in [0.3, 0.4) is 0 Å². The van der Waals surface area contributed by atoms with Crippen molar-refractivity contribution in [2.75, 3.05) is 12.4 Å². The number of hydrogen-bond acceptors (Lipinski definition) is 6. The molecule has 3 heterocycles. The number of pyridine rings is 1. The maximum Gasteiger partial charge on any atom is 0.218 e. The monoisotopic (exact) mass is 300 g/mol. The van der Waals surface area contributed by atoms with Crippen LogP contribution < -0.4 is 10.1 Å². The largest absolute Gasteiger partial charge is 0.481 e. The molecule has 3 rings (SSSR count). The Morgan fingerprint density at radius 3 is 2.90 bits per heavy atom. The number of aromatic nitrogens is 3. The maximum atomic E-state index is 5.27. The molecule has 0 spiro atoms. The molecule has 0 aliphatic heterocycles. The molecule has 0 saturated heterocycles. The Bertz CT molecular complexity index is 784. The Kier molecular flexibility index (Phi) is 3.70. The van der Waals surface area contributed by atoms with Crippen molar-refractivity contribution in [1.82, 2.24) is 15.0 Å². The smallest absolute Gasteiger partial charge is 0.218 e. The van der Waals surface area contributed by atoms with Crippen LogP contribution >= 0.6 is 11.3 Å². The molecule has 6 heteroatoms. The van der Waals surface area contributed by atoms with Crippen molar-refractivity contribution in [3.8, 4) is 5.88 Å². The number of rotatable bonds is 4.